The Balaban J connectivity index is 1.64. The van der Waals surface area contributed by atoms with Gasteiger partial charge in [-0.2, -0.15) is 0 Å². The second-order valence-corrected chi connectivity index (χ2v) is 6.49. The normalized spacial score (nSPS) is 17.1. The minimum Gasteiger partial charge on any atom is -0.370 e. The Morgan fingerprint density at radius 1 is 1.15 bits per heavy atom. The standard InChI is InChI=1S/C21H21FN4O/c1-2-18-13-20(25-21(24-18)15-6-8-23-9-7-15)26-10-11-27-19(14-26)16-4-3-5-17(22)12-16/h3-9,12-13,19H,2,10-11,14H2,1H3. The quantitative estimate of drug-likeness (QED) is 0.704. The van der Waals surface area contributed by atoms with E-state index < -0.39 is 0 Å². The number of ether oxygens (including phenoxy) is 1. The van der Waals surface area contributed by atoms with Gasteiger partial charge in [-0.25, -0.2) is 14.4 Å². The Morgan fingerprint density at radius 3 is 2.78 bits per heavy atom. The van der Waals surface area contributed by atoms with Crippen molar-refractivity contribution in [2.24, 2.45) is 0 Å². The molecule has 1 unspecified atom stereocenters. The van der Waals surface area contributed by atoms with Gasteiger partial charge in [0, 0.05) is 42.8 Å². The van der Waals surface area contributed by atoms with Crippen molar-refractivity contribution in [1.29, 1.82) is 0 Å². The fraction of sp³-hybridized carbons (Fsp3) is 0.286. The van der Waals surface area contributed by atoms with Crippen LogP contribution < -0.4 is 4.90 Å². The van der Waals surface area contributed by atoms with Gasteiger partial charge in [-0.05, 0) is 36.2 Å². The highest BCUT2D eigenvalue weighted by Gasteiger charge is 2.24. The fourth-order valence-electron chi connectivity index (χ4n) is 3.22. The first-order valence-corrected chi connectivity index (χ1v) is 9.13. The third kappa shape index (κ3) is 3.95. The van der Waals surface area contributed by atoms with Crippen LogP contribution in [0, 0.1) is 5.82 Å². The molecule has 6 heteroatoms. The van der Waals surface area contributed by atoms with Crippen molar-refractivity contribution in [2.45, 2.75) is 19.4 Å². The number of rotatable bonds is 4. The molecular weight excluding hydrogens is 343 g/mol. The van der Waals surface area contributed by atoms with Crippen LogP contribution in [0.1, 0.15) is 24.3 Å². The molecule has 0 saturated carbocycles. The summed E-state index contributed by atoms with van der Waals surface area (Å²) in [6.45, 7) is 4.01. The maximum absolute atomic E-state index is 13.6. The number of pyridine rings is 1. The second-order valence-electron chi connectivity index (χ2n) is 6.49. The number of nitrogens with zero attached hydrogens (tertiary/aromatic N) is 4. The molecule has 1 saturated heterocycles. The third-order valence-corrected chi connectivity index (χ3v) is 4.68. The largest absolute Gasteiger partial charge is 0.370 e. The minimum absolute atomic E-state index is 0.182. The molecule has 0 amide bonds. The third-order valence-electron chi connectivity index (χ3n) is 4.68. The average molecular weight is 364 g/mol. The van der Waals surface area contributed by atoms with Gasteiger partial charge in [0.15, 0.2) is 5.82 Å². The van der Waals surface area contributed by atoms with E-state index in [2.05, 4.69) is 21.8 Å². The van der Waals surface area contributed by atoms with Gasteiger partial charge in [0.2, 0.25) is 0 Å². The molecule has 1 aromatic carbocycles. The first-order chi connectivity index (χ1) is 13.2. The highest BCUT2D eigenvalue weighted by Crippen LogP contribution is 2.27. The molecule has 3 aromatic rings. The van der Waals surface area contributed by atoms with Crippen molar-refractivity contribution in [2.75, 3.05) is 24.6 Å². The topological polar surface area (TPSA) is 51.1 Å². The van der Waals surface area contributed by atoms with E-state index in [1.54, 1.807) is 18.5 Å². The van der Waals surface area contributed by atoms with Crippen LogP contribution in [0.25, 0.3) is 11.4 Å². The Kier molecular flexibility index (Phi) is 5.07. The van der Waals surface area contributed by atoms with E-state index in [0.29, 0.717) is 19.0 Å². The SMILES string of the molecule is CCc1cc(N2CCOC(c3cccc(F)c3)C2)nc(-c2ccncc2)n1. The first-order valence-electron chi connectivity index (χ1n) is 9.13. The molecule has 0 radical (unpaired) electrons. The van der Waals surface area contributed by atoms with Gasteiger partial charge in [0.1, 0.15) is 17.7 Å². The van der Waals surface area contributed by atoms with E-state index in [-0.39, 0.29) is 11.9 Å². The van der Waals surface area contributed by atoms with Gasteiger partial charge in [-0.3, -0.25) is 4.98 Å². The molecule has 138 valence electrons. The number of halogens is 1. The van der Waals surface area contributed by atoms with Crippen LogP contribution in [-0.4, -0.2) is 34.6 Å². The highest BCUT2D eigenvalue weighted by molar-refractivity contribution is 5.57. The van der Waals surface area contributed by atoms with Crippen molar-refractivity contribution >= 4 is 5.82 Å². The molecular formula is C21H21FN4O. The van der Waals surface area contributed by atoms with Crippen molar-refractivity contribution in [3.05, 3.63) is 71.9 Å². The van der Waals surface area contributed by atoms with E-state index in [1.807, 2.05) is 24.3 Å². The number of aryl methyl sites for hydroxylation is 1. The Bertz CT molecular complexity index is 919. The van der Waals surface area contributed by atoms with Crippen molar-refractivity contribution < 1.29 is 9.13 Å². The fourth-order valence-corrected chi connectivity index (χ4v) is 3.22. The number of anilines is 1. The van der Waals surface area contributed by atoms with E-state index in [9.17, 15) is 4.39 Å². The predicted octanol–water partition coefficient (Wildman–Crippen LogP) is 3.82. The van der Waals surface area contributed by atoms with Crippen molar-refractivity contribution in [3.8, 4) is 11.4 Å². The molecule has 0 N–H and O–H groups in total. The zero-order chi connectivity index (χ0) is 18.6. The Morgan fingerprint density at radius 2 is 2.00 bits per heavy atom. The summed E-state index contributed by atoms with van der Waals surface area (Å²) in [7, 11) is 0. The summed E-state index contributed by atoms with van der Waals surface area (Å²) in [6.07, 6.45) is 4.13. The molecule has 4 rings (SSSR count). The Labute approximate surface area is 157 Å². The van der Waals surface area contributed by atoms with Crippen molar-refractivity contribution in [3.63, 3.8) is 0 Å². The molecule has 0 spiro atoms. The summed E-state index contributed by atoms with van der Waals surface area (Å²) in [5, 5.41) is 0. The monoisotopic (exact) mass is 364 g/mol. The van der Waals surface area contributed by atoms with Crippen LogP contribution in [-0.2, 0) is 11.2 Å². The van der Waals surface area contributed by atoms with Gasteiger partial charge in [0.05, 0.1) is 6.61 Å². The highest BCUT2D eigenvalue weighted by atomic mass is 19.1. The summed E-state index contributed by atoms with van der Waals surface area (Å²) >= 11 is 0. The molecule has 3 heterocycles. The number of morpholine rings is 1. The average Bonchev–Trinajstić information content (AvgIpc) is 2.74. The van der Waals surface area contributed by atoms with Crippen LogP contribution in [0.15, 0.2) is 54.9 Å². The lowest BCUT2D eigenvalue weighted by Crippen LogP contribution is -2.39. The van der Waals surface area contributed by atoms with Crippen molar-refractivity contribution in [1.82, 2.24) is 15.0 Å². The van der Waals surface area contributed by atoms with Crippen LogP contribution in [0.4, 0.5) is 10.2 Å². The molecule has 1 aliphatic rings. The van der Waals surface area contributed by atoms with E-state index in [0.717, 1.165) is 35.6 Å². The predicted molar refractivity (Wildman–Crippen MR) is 102 cm³/mol. The maximum atomic E-state index is 13.6. The summed E-state index contributed by atoms with van der Waals surface area (Å²) in [5.74, 6) is 1.32. The van der Waals surface area contributed by atoms with Crippen LogP contribution in [0.2, 0.25) is 0 Å². The number of benzene rings is 1. The number of hydrogen-bond acceptors (Lipinski definition) is 5. The summed E-state index contributed by atoms with van der Waals surface area (Å²) in [4.78, 5) is 15.7. The van der Waals surface area contributed by atoms with Gasteiger partial charge in [-0.15, -0.1) is 0 Å². The van der Waals surface area contributed by atoms with E-state index in [4.69, 9.17) is 9.72 Å². The molecule has 0 aliphatic carbocycles. The van der Waals surface area contributed by atoms with Crippen LogP contribution in [0.5, 0.6) is 0 Å². The molecule has 5 nitrogen and oxygen atoms in total. The molecule has 1 atom stereocenters. The number of hydrogen-bond donors (Lipinski definition) is 0. The molecule has 1 aliphatic heterocycles. The lowest BCUT2D eigenvalue weighted by Gasteiger charge is -2.34. The van der Waals surface area contributed by atoms with Crippen LogP contribution >= 0.6 is 0 Å². The Hall–Kier alpha value is -2.86. The minimum atomic E-state index is -0.247. The first kappa shape index (κ1) is 17.5. The molecule has 1 fully saturated rings. The summed E-state index contributed by atoms with van der Waals surface area (Å²) < 4.78 is 19.5. The molecule has 0 bridgehead atoms. The van der Waals surface area contributed by atoms with Gasteiger partial charge in [0.25, 0.3) is 0 Å². The molecule has 27 heavy (non-hydrogen) atoms. The summed E-state index contributed by atoms with van der Waals surface area (Å²) in [6, 6.07) is 12.4. The lowest BCUT2D eigenvalue weighted by atomic mass is 10.1. The van der Waals surface area contributed by atoms with Gasteiger partial charge >= 0.3 is 0 Å². The molecule has 2 aromatic heterocycles. The second kappa shape index (κ2) is 7.80. The lowest BCUT2D eigenvalue weighted by molar-refractivity contribution is 0.0393. The summed E-state index contributed by atoms with van der Waals surface area (Å²) in [5.41, 5.74) is 2.77. The van der Waals surface area contributed by atoms with E-state index >= 15 is 0 Å². The zero-order valence-corrected chi connectivity index (χ0v) is 15.2. The van der Waals surface area contributed by atoms with Crippen LogP contribution in [0.3, 0.4) is 0 Å². The maximum Gasteiger partial charge on any atom is 0.161 e. The smallest absolute Gasteiger partial charge is 0.161 e. The van der Waals surface area contributed by atoms with Gasteiger partial charge in [-0.1, -0.05) is 19.1 Å². The van der Waals surface area contributed by atoms with Gasteiger partial charge < -0.3 is 9.64 Å². The number of aromatic nitrogens is 3. The zero-order valence-electron chi connectivity index (χ0n) is 15.2. The van der Waals surface area contributed by atoms with E-state index in [1.165, 1.54) is 12.1 Å².